The van der Waals surface area contributed by atoms with Crippen LogP contribution in [0.1, 0.15) is 30.9 Å². The topological polar surface area (TPSA) is 124 Å². The van der Waals surface area contributed by atoms with Crippen molar-refractivity contribution in [3.05, 3.63) is 88.0 Å². The maximum atomic E-state index is 11.5. The monoisotopic (exact) mass is 672 g/mol. The molecule has 5 aromatic rings. The number of aliphatic hydroxyl groups excluding tert-OH is 1. The number of aliphatic hydroxyl groups is 1. The summed E-state index contributed by atoms with van der Waals surface area (Å²) in [5.74, 6) is 0.614. The second-order valence-corrected chi connectivity index (χ2v) is 12.6. The van der Waals surface area contributed by atoms with Gasteiger partial charge in [-0.05, 0) is 50.1 Å². The van der Waals surface area contributed by atoms with Crippen LogP contribution in [0.15, 0.2) is 66.9 Å². The van der Waals surface area contributed by atoms with Crippen molar-refractivity contribution < 1.29 is 14.6 Å². The molecule has 1 aliphatic heterocycles. The number of halogens is 2. The van der Waals surface area contributed by atoms with Gasteiger partial charge in [-0.15, -0.1) is 0 Å². The van der Waals surface area contributed by atoms with Crippen LogP contribution in [-0.2, 0) is 17.8 Å². The lowest BCUT2D eigenvalue weighted by atomic mass is 9.98. The smallest absolute Gasteiger partial charge is 0.220 e. The van der Waals surface area contributed by atoms with Crippen molar-refractivity contribution in [3.8, 4) is 39.5 Å². The summed E-state index contributed by atoms with van der Waals surface area (Å²) < 4.78 is 5.64. The predicted molar refractivity (Wildman–Crippen MR) is 188 cm³/mol. The van der Waals surface area contributed by atoms with Crippen molar-refractivity contribution in [2.45, 2.75) is 44.9 Å². The first-order valence-corrected chi connectivity index (χ1v) is 16.6. The molecule has 4 heterocycles. The van der Waals surface area contributed by atoms with Crippen LogP contribution in [0.4, 0.5) is 0 Å². The number of hydrogen-bond donors (Lipinski definition) is 5. The lowest BCUT2D eigenvalue weighted by Gasteiger charge is -2.15. The van der Waals surface area contributed by atoms with Gasteiger partial charge in [0.25, 0.3) is 0 Å². The molecular weight excluding hydrogens is 635 g/mol. The molecule has 5 N–H and O–H groups in total. The van der Waals surface area contributed by atoms with Crippen LogP contribution in [0.25, 0.3) is 44.7 Å². The van der Waals surface area contributed by atoms with Crippen LogP contribution in [0, 0.1) is 0 Å². The fraction of sp³-hybridized carbons (Fsp3) is 0.306. The minimum atomic E-state index is -0.375. The Morgan fingerprint density at radius 2 is 1.62 bits per heavy atom. The number of rotatable bonds is 13. The van der Waals surface area contributed by atoms with Gasteiger partial charge in [0, 0.05) is 71.5 Å². The van der Waals surface area contributed by atoms with Crippen LogP contribution < -0.4 is 20.7 Å². The molecule has 2 atom stereocenters. The minimum absolute atomic E-state index is 0.103. The van der Waals surface area contributed by atoms with E-state index in [0.717, 1.165) is 69.5 Å². The van der Waals surface area contributed by atoms with Crippen LogP contribution in [0.2, 0.25) is 10.0 Å². The minimum Gasteiger partial charge on any atom is -0.481 e. The molecule has 2 aromatic carbocycles. The van der Waals surface area contributed by atoms with Crippen molar-refractivity contribution in [3.63, 3.8) is 0 Å². The third-order valence-electron chi connectivity index (χ3n) is 8.40. The maximum Gasteiger partial charge on any atom is 0.220 e. The molecule has 1 saturated heterocycles. The van der Waals surface area contributed by atoms with Crippen LogP contribution >= 0.6 is 23.2 Å². The molecule has 9 nitrogen and oxygen atoms in total. The zero-order valence-electron chi connectivity index (χ0n) is 26.4. The Hall–Kier alpha value is -3.99. The Bertz CT molecular complexity index is 1890. The number of ether oxygens (including phenoxy) is 1. The average Bonchev–Trinajstić information content (AvgIpc) is 3.68. The number of benzene rings is 2. The number of fused-ring (bicyclic) bond motifs is 1. The number of carbonyl (C=O) groups is 1. The number of pyridine rings is 2. The van der Waals surface area contributed by atoms with Crippen LogP contribution in [0.3, 0.4) is 0 Å². The summed E-state index contributed by atoms with van der Waals surface area (Å²) in [5.41, 5.74) is 7.44. The number of H-pyrrole nitrogens is 1. The maximum absolute atomic E-state index is 11.5. The zero-order chi connectivity index (χ0) is 32.9. The lowest BCUT2D eigenvalue weighted by Crippen LogP contribution is -2.35. The Kier molecular flexibility index (Phi) is 10.4. The molecule has 0 saturated carbocycles. The number of methoxy groups -OCH3 is 1. The largest absolute Gasteiger partial charge is 0.481 e. The second-order valence-electron chi connectivity index (χ2n) is 11.8. The van der Waals surface area contributed by atoms with Crippen molar-refractivity contribution in [2.75, 3.05) is 26.7 Å². The second kappa shape index (κ2) is 14.8. The third-order valence-corrected chi connectivity index (χ3v) is 9.21. The van der Waals surface area contributed by atoms with Gasteiger partial charge in [-0.2, -0.15) is 0 Å². The van der Waals surface area contributed by atoms with Gasteiger partial charge in [0.1, 0.15) is 5.65 Å². The van der Waals surface area contributed by atoms with Crippen LogP contribution in [0.5, 0.6) is 5.88 Å². The molecule has 47 heavy (non-hydrogen) atoms. The molecule has 11 heteroatoms. The molecule has 1 aliphatic rings. The fourth-order valence-electron chi connectivity index (χ4n) is 5.97. The van der Waals surface area contributed by atoms with E-state index >= 15 is 0 Å². The van der Waals surface area contributed by atoms with Crippen molar-refractivity contribution >= 4 is 40.1 Å². The van der Waals surface area contributed by atoms with E-state index in [1.807, 2.05) is 60.8 Å². The number of aromatic amines is 1. The van der Waals surface area contributed by atoms with Gasteiger partial charge in [0.15, 0.2) is 0 Å². The highest BCUT2D eigenvalue weighted by molar-refractivity contribution is 6.39. The SMILES string of the molecule is COc1nc(-c2cccc(-c3cccc(-c4ccc5c(CCNC[C@H](C)O)c[nH]c5n4)c3Cl)c2Cl)ccc1CNC[C@@H]1CCC(=O)N1. The lowest BCUT2D eigenvalue weighted by molar-refractivity contribution is -0.119. The molecule has 0 aliphatic carbocycles. The summed E-state index contributed by atoms with van der Waals surface area (Å²) in [6, 6.07) is 19.8. The number of nitrogens with one attached hydrogen (secondary N) is 4. The summed E-state index contributed by atoms with van der Waals surface area (Å²) in [7, 11) is 1.60. The van der Waals surface area contributed by atoms with Gasteiger partial charge in [0.05, 0.1) is 34.6 Å². The molecule has 244 valence electrons. The predicted octanol–water partition coefficient (Wildman–Crippen LogP) is 6.16. The van der Waals surface area contributed by atoms with E-state index in [-0.39, 0.29) is 18.1 Å². The Balaban J connectivity index is 1.22. The molecule has 0 bridgehead atoms. The Labute approximate surface area is 284 Å². The molecular formula is C36H38Cl2N6O3. The number of hydrogen-bond acceptors (Lipinski definition) is 7. The normalized spacial score (nSPS) is 15.3. The molecule has 0 spiro atoms. The van der Waals surface area contributed by atoms with Crippen molar-refractivity contribution in [1.29, 1.82) is 0 Å². The van der Waals surface area contributed by atoms with E-state index in [0.29, 0.717) is 47.7 Å². The van der Waals surface area contributed by atoms with Gasteiger partial charge in [0.2, 0.25) is 11.8 Å². The molecule has 1 amide bonds. The highest BCUT2D eigenvalue weighted by Crippen LogP contribution is 2.42. The van der Waals surface area contributed by atoms with E-state index < -0.39 is 0 Å². The van der Waals surface area contributed by atoms with Crippen LogP contribution in [-0.4, -0.2) is 64.9 Å². The van der Waals surface area contributed by atoms with Crippen molar-refractivity contribution in [2.24, 2.45) is 0 Å². The standard InChI is InChI=1S/C36H38Cl2N6O3/c1-21(45)17-39-16-15-22-19-41-35-25(22)11-13-30(43-35)28-7-3-5-26(33(28)37)27-6-4-8-29(34(27)38)31-12-9-23(36(44-31)47-2)18-40-20-24-10-14-32(46)42-24/h3-9,11-13,19,21,24,39-40,45H,10,14-18,20H2,1-2H3,(H,41,43)(H,42,46)/t21-,24-/m0/s1. The molecule has 0 unspecified atom stereocenters. The first-order valence-electron chi connectivity index (χ1n) is 15.8. The number of carbonyl (C=O) groups excluding carboxylic acids is 1. The van der Waals surface area contributed by atoms with E-state index in [2.05, 4.69) is 27.0 Å². The summed E-state index contributed by atoms with van der Waals surface area (Å²) in [4.78, 5) is 24.5. The van der Waals surface area contributed by atoms with E-state index in [1.54, 1.807) is 14.0 Å². The zero-order valence-corrected chi connectivity index (χ0v) is 27.9. The third kappa shape index (κ3) is 7.45. The molecule has 1 fully saturated rings. The quantitative estimate of drug-likeness (QED) is 0.0950. The fourth-order valence-corrected chi connectivity index (χ4v) is 6.62. The summed E-state index contributed by atoms with van der Waals surface area (Å²) in [6.45, 7) is 4.34. The van der Waals surface area contributed by atoms with Gasteiger partial charge in [-0.25, -0.2) is 9.97 Å². The van der Waals surface area contributed by atoms with Gasteiger partial charge in [-0.1, -0.05) is 65.7 Å². The van der Waals surface area contributed by atoms with Crippen molar-refractivity contribution in [1.82, 2.24) is 30.9 Å². The Morgan fingerprint density at radius 3 is 2.28 bits per heavy atom. The van der Waals surface area contributed by atoms with Gasteiger partial charge in [-0.3, -0.25) is 4.79 Å². The first-order chi connectivity index (χ1) is 22.8. The summed E-state index contributed by atoms with van der Waals surface area (Å²) in [5, 5.41) is 21.3. The van der Waals surface area contributed by atoms with E-state index in [1.165, 1.54) is 0 Å². The van der Waals surface area contributed by atoms with Gasteiger partial charge >= 0.3 is 0 Å². The highest BCUT2D eigenvalue weighted by atomic mass is 35.5. The van der Waals surface area contributed by atoms with E-state index in [9.17, 15) is 9.90 Å². The molecule has 6 rings (SSSR count). The summed E-state index contributed by atoms with van der Waals surface area (Å²) >= 11 is 14.2. The van der Waals surface area contributed by atoms with E-state index in [4.69, 9.17) is 37.9 Å². The summed E-state index contributed by atoms with van der Waals surface area (Å²) in [6.07, 6.45) is 3.85. The first kappa shape index (κ1) is 32.9. The molecule has 0 radical (unpaired) electrons. The van der Waals surface area contributed by atoms with Gasteiger partial charge < -0.3 is 30.8 Å². The average molecular weight is 674 g/mol. The highest BCUT2D eigenvalue weighted by Gasteiger charge is 2.21. The number of aromatic nitrogens is 3. The number of nitrogens with zero attached hydrogens (tertiary/aromatic N) is 2. The Morgan fingerprint density at radius 1 is 0.936 bits per heavy atom. The number of amides is 1. The molecule has 3 aromatic heterocycles.